The lowest BCUT2D eigenvalue weighted by Crippen LogP contribution is -2.05. The molecule has 0 N–H and O–H groups in total. The lowest BCUT2D eigenvalue weighted by molar-refractivity contribution is 0.993. The van der Waals surface area contributed by atoms with Gasteiger partial charge in [0.2, 0.25) is 0 Å². The highest BCUT2D eigenvalue weighted by atomic mass is 79.9. The zero-order valence-corrected chi connectivity index (χ0v) is 21.9. The van der Waals surface area contributed by atoms with Crippen molar-refractivity contribution in [2.45, 2.75) is 0 Å². The van der Waals surface area contributed by atoms with Gasteiger partial charge in [0.05, 0.1) is 32.0 Å². The second-order valence-electron chi connectivity index (χ2n) is 8.20. The maximum atomic E-state index is 3.77. The van der Waals surface area contributed by atoms with Gasteiger partial charge in [-0.05, 0) is 105 Å². The largest absolute Gasteiger partial charge is 0.306 e. The Kier molecular flexibility index (Phi) is 5.80. The fourth-order valence-electron chi connectivity index (χ4n) is 4.59. The summed E-state index contributed by atoms with van der Waals surface area (Å²) in [6.07, 6.45) is 0. The molecular weight excluding hydrogens is 562 g/mol. The Hall–Kier alpha value is -3.54. The van der Waals surface area contributed by atoms with Crippen LogP contribution < -0.4 is 0 Å². The third kappa shape index (κ3) is 3.91. The quantitative estimate of drug-likeness (QED) is 0.193. The van der Waals surface area contributed by atoms with E-state index in [1.807, 2.05) is 12.1 Å². The molecule has 0 spiro atoms. The van der Waals surface area contributed by atoms with Crippen LogP contribution in [0.1, 0.15) is 0 Å². The predicted molar refractivity (Wildman–Crippen MR) is 151 cm³/mol. The van der Waals surface area contributed by atoms with Crippen molar-refractivity contribution in [1.82, 2.24) is 13.7 Å². The summed E-state index contributed by atoms with van der Waals surface area (Å²) >= 11 is 7.55. The molecule has 6 rings (SSSR count). The van der Waals surface area contributed by atoms with E-state index >= 15 is 0 Å². The smallest absolute Gasteiger partial charge is 0.0897 e. The molecule has 0 radical (unpaired) electrons. The molecule has 5 heteroatoms. The zero-order valence-electron chi connectivity index (χ0n) is 18.7. The Morgan fingerprint density at radius 3 is 0.971 bits per heavy atom. The minimum Gasteiger partial charge on any atom is -0.306 e. The van der Waals surface area contributed by atoms with E-state index < -0.39 is 0 Å². The summed E-state index contributed by atoms with van der Waals surface area (Å²) < 4.78 is 8.84. The highest BCUT2D eigenvalue weighted by molar-refractivity contribution is 9.10. The van der Waals surface area contributed by atoms with Crippen LogP contribution in [-0.2, 0) is 0 Å². The molecule has 0 aliphatic carbocycles. The zero-order chi connectivity index (χ0) is 23.8. The van der Waals surface area contributed by atoms with Crippen LogP contribution in [0.25, 0.3) is 39.8 Å². The number of hydrogen-bond donors (Lipinski definition) is 0. The Morgan fingerprint density at radius 1 is 0.314 bits per heavy atom. The molecule has 0 saturated carbocycles. The molecule has 0 bridgehead atoms. The minimum absolute atomic E-state index is 1.01. The average Bonchev–Trinajstić information content (AvgIpc) is 3.61. The van der Waals surface area contributed by atoms with E-state index in [-0.39, 0.29) is 0 Å². The highest BCUT2D eigenvalue weighted by Crippen LogP contribution is 2.38. The molecule has 6 aromatic rings. The van der Waals surface area contributed by atoms with Crippen molar-refractivity contribution in [3.05, 3.63) is 137 Å². The van der Waals surface area contributed by atoms with E-state index in [4.69, 9.17) is 0 Å². The third-order valence-electron chi connectivity index (χ3n) is 6.12. The summed E-state index contributed by atoms with van der Waals surface area (Å²) in [7, 11) is 0. The Morgan fingerprint density at radius 2 is 0.600 bits per heavy atom. The number of halogens is 2. The molecule has 0 amide bonds. The van der Waals surface area contributed by atoms with E-state index in [0.29, 0.717) is 0 Å². The molecule has 3 aromatic heterocycles. The maximum absolute atomic E-state index is 3.77. The molecule has 3 heterocycles. The summed E-state index contributed by atoms with van der Waals surface area (Å²) in [4.78, 5) is 0. The van der Waals surface area contributed by atoms with Crippen molar-refractivity contribution in [3.8, 4) is 39.8 Å². The minimum atomic E-state index is 1.01. The van der Waals surface area contributed by atoms with Crippen LogP contribution in [0.15, 0.2) is 137 Å². The first-order valence-corrected chi connectivity index (χ1v) is 12.9. The molecule has 170 valence electrons. The van der Waals surface area contributed by atoms with Gasteiger partial charge in [0, 0.05) is 17.1 Å². The van der Waals surface area contributed by atoms with Gasteiger partial charge in [0.15, 0.2) is 0 Å². The summed E-state index contributed by atoms with van der Waals surface area (Å²) in [5.74, 6) is 0. The van der Waals surface area contributed by atoms with Crippen LogP contribution in [0, 0.1) is 0 Å². The fraction of sp³-hybridized carbons (Fsp3) is 0. The summed E-state index contributed by atoms with van der Waals surface area (Å²) in [6.45, 7) is 0. The number of nitrogens with zero attached hydrogens (tertiary/aromatic N) is 3. The molecule has 0 aliphatic heterocycles. The number of aromatic nitrogens is 3. The first-order chi connectivity index (χ1) is 17.2. The van der Waals surface area contributed by atoms with Gasteiger partial charge in [-0.3, -0.25) is 0 Å². The van der Waals surface area contributed by atoms with Crippen molar-refractivity contribution in [1.29, 1.82) is 0 Å². The SMILES string of the molecule is Brc1ccc(-c2ccc(-c3ccc(Br)n3-c3ccccc3)n2-c2ccccc2)n1-c1ccccc1. The molecule has 35 heavy (non-hydrogen) atoms. The van der Waals surface area contributed by atoms with Crippen LogP contribution in [-0.4, -0.2) is 13.7 Å². The van der Waals surface area contributed by atoms with E-state index in [2.05, 4.69) is 161 Å². The van der Waals surface area contributed by atoms with Crippen LogP contribution >= 0.6 is 31.9 Å². The van der Waals surface area contributed by atoms with Crippen LogP contribution in [0.5, 0.6) is 0 Å². The fourth-order valence-corrected chi connectivity index (χ4v) is 5.65. The van der Waals surface area contributed by atoms with Crippen molar-refractivity contribution >= 4 is 31.9 Å². The second kappa shape index (κ2) is 9.25. The lowest BCUT2D eigenvalue weighted by atomic mass is 10.2. The van der Waals surface area contributed by atoms with Crippen molar-refractivity contribution in [3.63, 3.8) is 0 Å². The molecule has 0 atom stereocenters. The normalized spacial score (nSPS) is 11.1. The molecular formula is C30H21Br2N3. The molecule has 0 aliphatic rings. The third-order valence-corrected chi connectivity index (χ3v) is 7.35. The van der Waals surface area contributed by atoms with Crippen LogP contribution in [0.2, 0.25) is 0 Å². The number of rotatable bonds is 5. The molecule has 0 unspecified atom stereocenters. The van der Waals surface area contributed by atoms with Crippen molar-refractivity contribution in [2.75, 3.05) is 0 Å². The molecule has 0 fully saturated rings. The van der Waals surface area contributed by atoms with Gasteiger partial charge in [-0.25, -0.2) is 0 Å². The summed E-state index contributed by atoms with van der Waals surface area (Å²) in [6, 6.07) is 44.4. The molecule has 0 saturated heterocycles. The summed E-state index contributed by atoms with van der Waals surface area (Å²) in [5, 5.41) is 0. The first-order valence-electron chi connectivity index (χ1n) is 11.4. The Bertz CT molecular complexity index is 1490. The van der Waals surface area contributed by atoms with Gasteiger partial charge in [0.25, 0.3) is 0 Å². The Balaban J connectivity index is 1.62. The standard InChI is InChI=1S/C30H21Br2N3/c31-29-20-18-27(34(29)23-12-6-2-7-13-23)25-16-17-26(33(25)22-10-4-1-5-11-22)28-19-21-30(32)35(28)24-14-8-3-9-15-24/h1-21H. The topological polar surface area (TPSA) is 14.8 Å². The maximum Gasteiger partial charge on any atom is 0.0897 e. The van der Waals surface area contributed by atoms with Crippen molar-refractivity contribution < 1.29 is 0 Å². The van der Waals surface area contributed by atoms with E-state index in [9.17, 15) is 0 Å². The highest BCUT2D eigenvalue weighted by Gasteiger charge is 2.21. The number of para-hydroxylation sites is 3. The number of benzene rings is 3. The van der Waals surface area contributed by atoms with E-state index in [0.717, 1.165) is 49.0 Å². The van der Waals surface area contributed by atoms with Crippen molar-refractivity contribution in [2.24, 2.45) is 0 Å². The van der Waals surface area contributed by atoms with Gasteiger partial charge in [-0.15, -0.1) is 0 Å². The van der Waals surface area contributed by atoms with Crippen LogP contribution in [0.4, 0.5) is 0 Å². The summed E-state index contributed by atoms with van der Waals surface area (Å²) in [5.41, 5.74) is 7.76. The van der Waals surface area contributed by atoms with E-state index in [1.165, 1.54) is 0 Å². The predicted octanol–water partition coefficient (Wildman–Crippen LogP) is 8.92. The van der Waals surface area contributed by atoms with Gasteiger partial charge in [-0.1, -0.05) is 54.6 Å². The van der Waals surface area contributed by atoms with Gasteiger partial charge >= 0.3 is 0 Å². The lowest BCUT2D eigenvalue weighted by Gasteiger charge is -2.18. The second-order valence-corrected chi connectivity index (χ2v) is 9.82. The average molecular weight is 583 g/mol. The van der Waals surface area contributed by atoms with E-state index in [1.54, 1.807) is 0 Å². The Labute approximate surface area is 221 Å². The van der Waals surface area contributed by atoms with Gasteiger partial charge in [-0.2, -0.15) is 0 Å². The first kappa shape index (κ1) is 22.0. The molecule has 3 aromatic carbocycles. The number of hydrogen-bond acceptors (Lipinski definition) is 0. The van der Waals surface area contributed by atoms with Gasteiger partial charge < -0.3 is 13.7 Å². The molecule has 3 nitrogen and oxygen atoms in total. The van der Waals surface area contributed by atoms with Crippen LogP contribution in [0.3, 0.4) is 0 Å². The monoisotopic (exact) mass is 581 g/mol. The van der Waals surface area contributed by atoms with Gasteiger partial charge in [0.1, 0.15) is 0 Å².